The van der Waals surface area contributed by atoms with Crippen LogP contribution in [-0.2, 0) is 71.9 Å². The molecule has 1 aliphatic heterocycles. The Labute approximate surface area is 540 Å². The van der Waals surface area contributed by atoms with Crippen LogP contribution in [0, 0.1) is 23.7 Å². The van der Waals surface area contributed by atoms with Gasteiger partial charge in [-0.3, -0.25) is 67.1 Å². The van der Waals surface area contributed by atoms with Crippen molar-refractivity contribution in [2.24, 2.45) is 35.1 Å². The van der Waals surface area contributed by atoms with Crippen molar-refractivity contribution in [1.29, 1.82) is 0 Å². The van der Waals surface area contributed by atoms with E-state index in [9.17, 15) is 92.3 Å². The van der Waals surface area contributed by atoms with Crippen molar-refractivity contribution in [3.8, 4) is 0 Å². The Kier molecular flexibility index (Phi) is 37.3. The van der Waals surface area contributed by atoms with E-state index in [-0.39, 0.29) is 63.5 Å². The minimum Gasteiger partial charge on any atom is -0.481 e. The summed E-state index contributed by atoms with van der Waals surface area (Å²) in [6.07, 6.45) is -1.10. The third-order valence-electron chi connectivity index (χ3n) is 14.6. The van der Waals surface area contributed by atoms with Crippen molar-refractivity contribution in [1.82, 2.24) is 68.7 Å². The number of nitrogens with zero attached hydrogens (tertiary/aromatic N) is 1. The van der Waals surface area contributed by atoms with Gasteiger partial charge in [-0.2, -0.15) is 12.6 Å². The molecule has 1 rings (SSSR count). The third kappa shape index (κ3) is 28.8. The summed E-state index contributed by atoms with van der Waals surface area (Å²) in [6.45, 7) is 13.2. The van der Waals surface area contributed by atoms with Crippen LogP contribution in [0.25, 0.3) is 0 Å². The number of likely N-dealkylation sites (tertiary alicyclic amines) is 1. The van der Waals surface area contributed by atoms with Gasteiger partial charge in [-0.05, 0) is 89.0 Å². The molecule has 1 fully saturated rings. The number of hydrogen-bond acceptors (Lipinski definition) is 20. The first kappa shape index (κ1) is 82.3. The van der Waals surface area contributed by atoms with Gasteiger partial charge >= 0.3 is 11.9 Å². The molecule has 1 saturated heterocycles. The number of aliphatic hydroxyl groups excluding tert-OH is 2. The first-order chi connectivity index (χ1) is 43.1. The molecule has 92 heavy (non-hydrogen) atoms. The fourth-order valence-electron chi connectivity index (χ4n) is 9.34. The van der Waals surface area contributed by atoms with E-state index in [1.54, 1.807) is 41.5 Å². The van der Waals surface area contributed by atoms with E-state index in [1.807, 2.05) is 0 Å². The highest BCUT2D eigenvalue weighted by molar-refractivity contribution is 7.80. The molecule has 35 heteroatoms. The second-order valence-corrected chi connectivity index (χ2v) is 24.1. The van der Waals surface area contributed by atoms with Gasteiger partial charge in [0.25, 0.3) is 0 Å². The average Bonchev–Trinajstić information content (AvgIpc) is 1.59. The molecule has 34 nitrogen and oxygen atoms in total. The summed E-state index contributed by atoms with van der Waals surface area (Å²) in [6, 6.07) is -15.8. The zero-order chi connectivity index (χ0) is 70.3. The van der Waals surface area contributed by atoms with Gasteiger partial charge in [0.05, 0.1) is 38.8 Å². The van der Waals surface area contributed by atoms with Gasteiger partial charge < -0.3 is 101 Å². The number of nitrogens with one attached hydrogen (secondary N) is 12. The lowest BCUT2D eigenvalue weighted by atomic mass is 9.99. The van der Waals surface area contributed by atoms with E-state index < -0.39 is 212 Å². The van der Waals surface area contributed by atoms with Gasteiger partial charge in [-0.15, -0.1) is 0 Å². The molecule has 0 aromatic heterocycles. The molecule has 0 aliphatic carbocycles. The molecule has 0 aromatic rings. The van der Waals surface area contributed by atoms with Gasteiger partial charge in [0.1, 0.15) is 66.5 Å². The fraction of sp³-hybridized carbons (Fsp3) is 0.737. The fourth-order valence-corrected chi connectivity index (χ4v) is 9.60. The zero-order valence-electron chi connectivity index (χ0n) is 54.0. The van der Waals surface area contributed by atoms with Crippen LogP contribution in [0.1, 0.15) is 127 Å². The molecule has 0 aromatic carbocycles. The highest BCUT2D eigenvalue weighted by atomic mass is 32.1. The number of aliphatic hydroxyl groups is 2. The molecule has 13 atom stereocenters. The number of thiol groups is 1. The van der Waals surface area contributed by atoms with Crippen molar-refractivity contribution in [2.45, 2.75) is 200 Å². The lowest BCUT2D eigenvalue weighted by Crippen LogP contribution is -2.62. The summed E-state index contributed by atoms with van der Waals surface area (Å²) < 4.78 is 0. The van der Waals surface area contributed by atoms with E-state index in [2.05, 4.69) is 76.4 Å². The second-order valence-electron chi connectivity index (χ2n) is 23.8. The molecule has 1 aliphatic rings. The van der Waals surface area contributed by atoms with Gasteiger partial charge in [-0.25, -0.2) is 4.79 Å². The molecule has 13 amide bonds. The van der Waals surface area contributed by atoms with Crippen LogP contribution < -0.4 is 75.3 Å². The Morgan fingerprint density at radius 1 is 0.543 bits per heavy atom. The highest BCUT2D eigenvalue weighted by Crippen LogP contribution is 2.21. The van der Waals surface area contributed by atoms with Crippen LogP contribution >= 0.6 is 12.6 Å². The molecule has 522 valence electrons. The normalized spacial score (nSPS) is 16.8. The van der Waals surface area contributed by atoms with E-state index in [0.717, 1.165) is 11.8 Å². The molecular formula is C57H99N15O19S. The Balaban J connectivity index is 3.22. The van der Waals surface area contributed by atoms with Crippen molar-refractivity contribution in [2.75, 3.05) is 45.1 Å². The largest absolute Gasteiger partial charge is 0.481 e. The summed E-state index contributed by atoms with van der Waals surface area (Å²) in [7, 11) is 0. The maximum absolute atomic E-state index is 14.0. The number of aliphatic carboxylic acids is 2. The van der Waals surface area contributed by atoms with Crippen molar-refractivity contribution >= 4 is 101 Å². The van der Waals surface area contributed by atoms with Crippen molar-refractivity contribution in [3.05, 3.63) is 0 Å². The van der Waals surface area contributed by atoms with Crippen LogP contribution in [0.2, 0.25) is 0 Å². The maximum Gasteiger partial charge on any atom is 0.326 e. The molecule has 1 heterocycles. The molecule has 0 saturated carbocycles. The first-order valence-corrected chi connectivity index (χ1v) is 31.3. The summed E-state index contributed by atoms with van der Waals surface area (Å²) in [5, 5.41) is 68.9. The Morgan fingerprint density at radius 2 is 1.03 bits per heavy atom. The van der Waals surface area contributed by atoms with Crippen LogP contribution in [-0.4, -0.2) is 232 Å². The van der Waals surface area contributed by atoms with Crippen LogP contribution in [0.3, 0.4) is 0 Å². The maximum atomic E-state index is 14.0. The average molecular weight is 1330 g/mol. The number of unbranched alkanes of at least 4 members (excludes halogenated alkanes) is 1. The zero-order valence-corrected chi connectivity index (χ0v) is 54.9. The number of rotatable bonds is 42. The van der Waals surface area contributed by atoms with Crippen LogP contribution in [0.15, 0.2) is 0 Å². The minimum absolute atomic E-state index is 0.0365. The third-order valence-corrected chi connectivity index (χ3v) is 15.0. The molecule has 20 N–H and O–H groups in total. The van der Waals surface area contributed by atoms with Crippen LogP contribution in [0.5, 0.6) is 0 Å². The SMILES string of the molecule is CC[C@H](C)[C@H](NC(=O)[C@H](C)NC(=O)CNC(=O)[C@H](CO)NC(=O)[C@H](CCCCN)NC(=O)[C@H](CC(C)C)NC(=O)[C@H](CS)NC(=O)[C@@H](NC(=O)[C@@H](NC(=O)[C@@H]1CCCN1C(=O)[C@H](CC(=O)O)NC(=O)CNC(=O)[C@H](CC(C)C)NC(=O)CN)C(C)C)[C@@H](C)O)C(=O)O. The number of carboxylic acid groups (broad SMARTS) is 2. The van der Waals surface area contributed by atoms with Crippen molar-refractivity contribution < 1.29 is 92.3 Å². The van der Waals surface area contributed by atoms with Crippen molar-refractivity contribution in [3.63, 3.8) is 0 Å². The van der Waals surface area contributed by atoms with Gasteiger partial charge in [0, 0.05) is 12.3 Å². The Hall–Kier alpha value is -7.76. The standard InChI is InChI=1S/C57H99N15O19S/c1-11-30(8)45(57(90)91)70-47(80)31(9)62-41(76)23-61-49(82)37(25-73)67-50(83)33(15-12-13-17-58)65-51(84)35(20-28(4)5)66-52(85)38(26-92)68-55(88)46(32(10)74)71-54(87)44(29(6)7)69-53(86)39-16-14-18-72(39)56(89)36(21-43(78)79)64-42(77)24-60-48(81)34(19-27(2)3)63-40(75)22-59/h27-39,44-46,73-74,92H,11-26,58-59H2,1-10H3,(H,60,81)(H,61,82)(H,62,76)(H,63,75)(H,64,77)(H,65,84)(H,66,85)(H,67,83)(H,68,88)(H,69,86)(H,70,80)(H,71,87)(H,78,79)(H,90,91)/t30-,31-,32+,33-,34-,35-,36-,37-,38-,39-,44-,45-,46-/m0/s1. The van der Waals surface area contributed by atoms with Gasteiger partial charge in [-0.1, -0.05) is 61.8 Å². The lowest BCUT2D eigenvalue weighted by Gasteiger charge is -2.31. The topological polar surface area (TPSA) is 537 Å². The second kappa shape index (κ2) is 41.7. The number of carbonyl (C=O) groups excluding carboxylic acids is 13. The Bertz CT molecular complexity index is 2560. The lowest BCUT2D eigenvalue weighted by molar-refractivity contribution is -0.146. The van der Waals surface area contributed by atoms with E-state index >= 15 is 0 Å². The minimum atomic E-state index is -1.79. The summed E-state index contributed by atoms with van der Waals surface area (Å²) in [4.78, 5) is 199. The smallest absolute Gasteiger partial charge is 0.326 e. The number of amides is 13. The molecule has 0 unspecified atom stereocenters. The first-order valence-electron chi connectivity index (χ1n) is 30.7. The summed E-state index contributed by atoms with van der Waals surface area (Å²) in [5.74, 6) is -16.5. The molecule has 0 radical (unpaired) electrons. The summed E-state index contributed by atoms with van der Waals surface area (Å²) >= 11 is 4.22. The highest BCUT2D eigenvalue weighted by Gasteiger charge is 2.42. The van der Waals surface area contributed by atoms with E-state index in [1.165, 1.54) is 20.8 Å². The van der Waals surface area contributed by atoms with E-state index in [0.29, 0.717) is 12.8 Å². The number of hydrogen-bond donors (Lipinski definition) is 19. The number of nitrogens with two attached hydrogens (primary N) is 2. The quantitative estimate of drug-likeness (QED) is 0.0200. The van der Waals surface area contributed by atoms with E-state index in [4.69, 9.17) is 11.5 Å². The molecule has 0 bridgehead atoms. The Morgan fingerprint density at radius 3 is 1.53 bits per heavy atom. The summed E-state index contributed by atoms with van der Waals surface area (Å²) in [5.41, 5.74) is 11.1. The monoisotopic (exact) mass is 1330 g/mol. The van der Waals surface area contributed by atoms with Gasteiger partial charge in [0.2, 0.25) is 76.8 Å². The van der Waals surface area contributed by atoms with Gasteiger partial charge in [0.15, 0.2) is 0 Å². The van der Waals surface area contributed by atoms with Crippen LogP contribution in [0.4, 0.5) is 0 Å². The predicted molar refractivity (Wildman–Crippen MR) is 333 cm³/mol. The molecule has 0 spiro atoms. The predicted octanol–water partition coefficient (Wildman–Crippen LogP) is -6.18. The number of carboxylic acids is 2. The molecular weight excluding hydrogens is 1230 g/mol. The number of carbonyl (C=O) groups is 15.